The van der Waals surface area contributed by atoms with Gasteiger partial charge in [-0.1, -0.05) is 11.6 Å². The van der Waals surface area contributed by atoms with Crippen LogP contribution in [0.4, 0.5) is 14.5 Å². The van der Waals surface area contributed by atoms with Gasteiger partial charge in [0.2, 0.25) is 0 Å². The van der Waals surface area contributed by atoms with Crippen molar-refractivity contribution in [3.8, 4) is 11.5 Å². The van der Waals surface area contributed by atoms with Crippen LogP contribution in [0, 0.1) is 18.6 Å². The number of hydrogen-bond donors (Lipinski definition) is 1. The summed E-state index contributed by atoms with van der Waals surface area (Å²) in [7, 11) is 2.76. The quantitative estimate of drug-likeness (QED) is 0.940. The zero-order chi connectivity index (χ0) is 16.3. The Labute approximate surface area is 126 Å². The van der Waals surface area contributed by atoms with Crippen LogP contribution in [0.2, 0.25) is 0 Å². The van der Waals surface area contributed by atoms with Gasteiger partial charge >= 0.3 is 0 Å². The molecule has 1 N–H and O–H groups in total. The smallest absolute Gasteiger partial charge is 0.258 e. The van der Waals surface area contributed by atoms with Gasteiger partial charge < -0.3 is 14.8 Å². The van der Waals surface area contributed by atoms with Crippen LogP contribution in [0.25, 0.3) is 0 Å². The summed E-state index contributed by atoms with van der Waals surface area (Å²) in [6.45, 7) is 1.73. The third-order valence-corrected chi connectivity index (χ3v) is 3.09. The van der Waals surface area contributed by atoms with Gasteiger partial charge in [0.15, 0.2) is 17.3 Å². The molecule has 0 radical (unpaired) electrons. The first-order chi connectivity index (χ1) is 10.5. The molecular formula is C16H15F2NO3. The molecule has 2 aromatic rings. The number of ether oxygens (including phenoxy) is 2. The Hall–Kier alpha value is -2.63. The Balaban J connectivity index is 2.34. The summed E-state index contributed by atoms with van der Waals surface area (Å²) in [5, 5.41) is 2.33. The van der Waals surface area contributed by atoms with Gasteiger partial charge in [-0.15, -0.1) is 0 Å². The van der Waals surface area contributed by atoms with Gasteiger partial charge in [0.25, 0.3) is 5.91 Å². The summed E-state index contributed by atoms with van der Waals surface area (Å²) < 4.78 is 37.7. The lowest BCUT2D eigenvalue weighted by Gasteiger charge is -2.12. The average Bonchev–Trinajstić information content (AvgIpc) is 2.51. The second kappa shape index (κ2) is 6.43. The number of benzene rings is 2. The average molecular weight is 307 g/mol. The fourth-order valence-corrected chi connectivity index (χ4v) is 1.95. The van der Waals surface area contributed by atoms with Crippen LogP contribution in [0.1, 0.15) is 15.9 Å². The Bertz CT molecular complexity index is 717. The SMILES string of the molecule is COc1cc(F)c(NC(=O)c2cc(C)ccc2F)cc1OC. The molecule has 0 saturated heterocycles. The van der Waals surface area contributed by atoms with Crippen LogP contribution in [-0.4, -0.2) is 20.1 Å². The van der Waals surface area contributed by atoms with Crippen molar-refractivity contribution in [1.29, 1.82) is 0 Å². The predicted molar refractivity (Wildman–Crippen MR) is 78.6 cm³/mol. The molecule has 0 aliphatic heterocycles. The third-order valence-electron chi connectivity index (χ3n) is 3.09. The molecular weight excluding hydrogens is 292 g/mol. The minimum Gasteiger partial charge on any atom is -0.493 e. The van der Waals surface area contributed by atoms with Crippen molar-refractivity contribution in [2.24, 2.45) is 0 Å². The molecule has 1 amide bonds. The van der Waals surface area contributed by atoms with Gasteiger partial charge in [-0.05, 0) is 19.1 Å². The number of carbonyl (C=O) groups is 1. The van der Waals surface area contributed by atoms with Crippen LogP contribution >= 0.6 is 0 Å². The molecule has 22 heavy (non-hydrogen) atoms. The molecule has 0 atom stereocenters. The molecule has 0 aliphatic rings. The fraction of sp³-hybridized carbons (Fsp3) is 0.188. The van der Waals surface area contributed by atoms with Crippen molar-refractivity contribution in [3.63, 3.8) is 0 Å². The van der Waals surface area contributed by atoms with Crippen LogP contribution < -0.4 is 14.8 Å². The minimum absolute atomic E-state index is 0.122. The van der Waals surface area contributed by atoms with Crippen molar-refractivity contribution >= 4 is 11.6 Å². The normalized spacial score (nSPS) is 10.2. The van der Waals surface area contributed by atoms with E-state index in [1.54, 1.807) is 13.0 Å². The van der Waals surface area contributed by atoms with Crippen LogP contribution in [-0.2, 0) is 0 Å². The third kappa shape index (κ3) is 3.16. The summed E-state index contributed by atoms with van der Waals surface area (Å²) in [5.74, 6) is -1.68. The van der Waals surface area contributed by atoms with E-state index in [4.69, 9.17) is 9.47 Å². The number of carbonyl (C=O) groups excluding carboxylic acids is 1. The molecule has 116 valence electrons. The lowest BCUT2D eigenvalue weighted by molar-refractivity contribution is 0.102. The molecule has 0 unspecified atom stereocenters. The maximum Gasteiger partial charge on any atom is 0.258 e. The van der Waals surface area contributed by atoms with E-state index in [2.05, 4.69) is 5.32 Å². The number of halogens is 2. The standard InChI is InChI=1S/C16H15F2NO3/c1-9-4-5-11(17)10(6-9)16(20)19-13-8-15(22-3)14(21-2)7-12(13)18/h4-8H,1-3H3,(H,19,20). The highest BCUT2D eigenvalue weighted by Gasteiger charge is 2.16. The van der Waals surface area contributed by atoms with E-state index in [0.717, 1.165) is 11.6 Å². The highest BCUT2D eigenvalue weighted by molar-refractivity contribution is 6.04. The number of hydrogen-bond acceptors (Lipinski definition) is 3. The van der Waals surface area contributed by atoms with Gasteiger partial charge in [-0.3, -0.25) is 4.79 Å². The first kappa shape index (κ1) is 15.8. The van der Waals surface area contributed by atoms with Gasteiger partial charge in [-0.25, -0.2) is 8.78 Å². The maximum absolute atomic E-state index is 14.0. The largest absolute Gasteiger partial charge is 0.493 e. The van der Waals surface area contributed by atoms with Gasteiger partial charge in [0.05, 0.1) is 25.5 Å². The Morgan fingerprint density at radius 1 is 1.00 bits per heavy atom. The first-order valence-electron chi connectivity index (χ1n) is 6.45. The summed E-state index contributed by atoms with van der Waals surface area (Å²) >= 11 is 0. The predicted octanol–water partition coefficient (Wildman–Crippen LogP) is 3.54. The molecule has 0 fully saturated rings. The second-order valence-corrected chi connectivity index (χ2v) is 4.62. The maximum atomic E-state index is 14.0. The molecule has 0 bridgehead atoms. The van der Waals surface area contributed by atoms with Gasteiger partial charge in [0, 0.05) is 12.1 Å². The molecule has 0 aliphatic carbocycles. The number of nitrogens with one attached hydrogen (secondary N) is 1. The number of aryl methyl sites for hydroxylation is 1. The number of anilines is 1. The summed E-state index contributed by atoms with van der Waals surface area (Å²) in [6, 6.07) is 6.49. The van der Waals surface area contributed by atoms with Gasteiger partial charge in [0.1, 0.15) is 5.82 Å². The molecule has 0 saturated carbocycles. The monoisotopic (exact) mass is 307 g/mol. The zero-order valence-corrected chi connectivity index (χ0v) is 12.4. The van der Waals surface area contributed by atoms with Crippen molar-refractivity contribution in [1.82, 2.24) is 0 Å². The van der Waals surface area contributed by atoms with Crippen molar-refractivity contribution in [2.75, 3.05) is 19.5 Å². The highest BCUT2D eigenvalue weighted by atomic mass is 19.1. The van der Waals surface area contributed by atoms with E-state index in [0.29, 0.717) is 0 Å². The van der Waals surface area contributed by atoms with Crippen LogP contribution in [0.15, 0.2) is 30.3 Å². The van der Waals surface area contributed by atoms with Crippen LogP contribution in [0.3, 0.4) is 0 Å². The molecule has 4 nitrogen and oxygen atoms in total. The van der Waals surface area contributed by atoms with E-state index >= 15 is 0 Å². The molecule has 2 aromatic carbocycles. The summed E-state index contributed by atoms with van der Waals surface area (Å²) in [4.78, 5) is 12.1. The lowest BCUT2D eigenvalue weighted by atomic mass is 10.1. The van der Waals surface area contributed by atoms with Crippen molar-refractivity contribution in [2.45, 2.75) is 6.92 Å². The summed E-state index contributed by atoms with van der Waals surface area (Å²) in [6.07, 6.45) is 0. The number of rotatable bonds is 4. The Kier molecular flexibility index (Phi) is 4.60. The molecule has 0 aromatic heterocycles. The van der Waals surface area contributed by atoms with E-state index in [1.807, 2.05) is 0 Å². The van der Waals surface area contributed by atoms with E-state index in [-0.39, 0.29) is 22.7 Å². The molecule has 2 rings (SSSR count). The summed E-state index contributed by atoms with van der Waals surface area (Å²) in [5.41, 5.74) is 0.442. The van der Waals surface area contributed by atoms with Gasteiger partial charge in [-0.2, -0.15) is 0 Å². The molecule has 6 heteroatoms. The Morgan fingerprint density at radius 2 is 1.64 bits per heavy atom. The zero-order valence-electron chi connectivity index (χ0n) is 12.4. The van der Waals surface area contributed by atoms with E-state index < -0.39 is 17.5 Å². The van der Waals surface area contributed by atoms with Crippen molar-refractivity contribution < 1.29 is 23.0 Å². The Morgan fingerprint density at radius 3 is 2.27 bits per heavy atom. The van der Waals surface area contributed by atoms with E-state index in [9.17, 15) is 13.6 Å². The topological polar surface area (TPSA) is 47.6 Å². The van der Waals surface area contributed by atoms with Crippen molar-refractivity contribution in [3.05, 3.63) is 53.1 Å². The van der Waals surface area contributed by atoms with E-state index in [1.165, 1.54) is 32.4 Å². The van der Waals surface area contributed by atoms with Crippen LogP contribution in [0.5, 0.6) is 11.5 Å². The molecule has 0 spiro atoms. The number of amides is 1. The first-order valence-corrected chi connectivity index (χ1v) is 6.45. The molecule has 0 heterocycles. The lowest BCUT2D eigenvalue weighted by Crippen LogP contribution is -2.15. The second-order valence-electron chi connectivity index (χ2n) is 4.62. The fourth-order valence-electron chi connectivity index (χ4n) is 1.95. The highest BCUT2D eigenvalue weighted by Crippen LogP contribution is 2.32. The number of methoxy groups -OCH3 is 2. The minimum atomic E-state index is -0.743.